The molecule has 0 saturated carbocycles. The summed E-state index contributed by atoms with van der Waals surface area (Å²) in [5.74, 6) is 2.14. The number of para-hydroxylation sites is 1. The minimum absolute atomic E-state index is 0.653. The third-order valence-electron chi connectivity index (χ3n) is 4.59. The zero-order chi connectivity index (χ0) is 17.9. The SMILES string of the molecule is CC1=CC2(Nc3cc(Cl)ccc3O2)c2c(C)nn(-c3ccccc3)c2O1. The van der Waals surface area contributed by atoms with Gasteiger partial charge in [0.2, 0.25) is 11.6 Å². The highest BCUT2D eigenvalue weighted by molar-refractivity contribution is 6.31. The van der Waals surface area contributed by atoms with Gasteiger partial charge in [0.1, 0.15) is 17.1 Å². The van der Waals surface area contributed by atoms with E-state index >= 15 is 0 Å². The average Bonchev–Trinajstić information content (AvgIpc) is 3.13. The van der Waals surface area contributed by atoms with Crippen LogP contribution in [0.25, 0.3) is 5.69 Å². The van der Waals surface area contributed by atoms with Crippen LogP contribution in [0.3, 0.4) is 0 Å². The number of anilines is 1. The van der Waals surface area contributed by atoms with Crippen molar-refractivity contribution in [2.45, 2.75) is 19.6 Å². The molecule has 2 aliphatic rings. The number of rotatable bonds is 1. The molecule has 1 N–H and O–H groups in total. The maximum Gasteiger partial charge on any atom is 0.237 e. The normalized spacial score (nSPS) is 19.9. The molecular weight excluding hydrogens is 350 g/mol. The first-order chi connectivity index (χ1) is 12.6. The molecule has 2 aromatic carbocycles. The fourth-order valence-corrected chi connectivity index (χ4v) is 3.75. The summed E-state index contributed by atoms with van der Waals surface area (Å²) < 4.78 is 14.2. The maximum absolute atomic E-state index is 6.34. The zero-order valence-corrected chi connectivity index (χ0v) is 15.0. The van der Waals surface area contributed by atoms with Crippen molar-refractivity contribution in [2.24, 2.45) is 0 Å². The summed E-state index contributed by atoms with van der Waals surface area (Å²) in [6.07, 6.45) is 1.94. The summed E-state index contributed by atoms with van der Waals surface area (Å²) >= 11 is 6.14. The van der Waals surface area contributed by atoms with E-state index in [0.717, 1.165) is 34.1 Å². The van der Waals surface area contributed by atoms with E-state index in [0.29, 0.717) is 10.9 Å². The Morgan fingerprint density at radius 1 is 1.12 bits per heavy atom. The summed E-state index contributed by atoms with van der Waals surface area (Å²) in [5, 5.41) is 8.83. The summed E-state index contributed by atoms with van der Waals surface area (Å²) in [5.41, 5.74) is 2.61. The Morgan fingerprint density at radius 2 is 1.92 bits per heavy atom. The van der Waals surface area contributed by atoms with Crippen LogP contribution in [-0.2, 0) is 5.72 Å². The van der Waals surface area contributed by atoms with Gasteiger partial charge >= 0.3 is 0 Å². The minimum atomic E-state index is -0.859. The number of aromatic nitrogens is 2. The van der Waals surface area contributed by atoms with Crippen LogP contribution in [0.5, 0.6) is 11.6 Å². The molecular formula is C20H16ClN3O2. The van der Waals surface area contributed by atoms with E-state index < -0.39 is 5.72 Å². The molecule has 3 aromatic rings. The molecule has 26 heavy (non-hydrogen) atoms. The van der Waals surface area contributed by atoms with Gasteiger partial charge in [0, 0.05) is 11.1 Å². The van der Waals surface area contributed by atoms with Gasteiger partial charge in [-0.3, -0.25) is 0 Å². The highest BCUT2D eigenvalue weighted by Crippen LogP contribution is 2.49. The first-order valence-corrected chi connectivity index (χ1v) is 8.73. The molecule has 130 valence electrons. The molecule has 0 fully saturated rings. The predicted molar refractivity (Wildman–Crippen MR) is 100 cm³/mol. The van der Waals surface area contributed by atoms with Crippen molar-refractivity contribution >= 4 is 17.3 Å². The van der Waals surface area contributed by atoms with E-state index in [2.05, 4.69) is 5.32 Å². The van der Waals surface area contributed by atoms with E-state index in [9.17, 15) is 0 Å². The third kappa shape index (κ3) is 2.14. The monoisotopic (exact) mass is 365 g/mol. The number of fused-ring (bicyclic) bond motifs is 3. The topological polar surface area (TPSA) is 48.3 Å². The first kappa shape index (κ1) is 15.3. The lowest BCUT2D eigenvalue weighted by atomic mass is 10.0. The van der Waals surface area contributed by atoms with Crippen LogP contribution in [0.1, 0.15) is 18.2 Å². The molecule has 3 heterocycles. The molecule has 5 nitrogen and oxygen atoms in total. The maximum atomic E-state index is 6.34. The lowest BCUT2D eigenvalue weighted by Gasteiger charge is -2.31. The van der Waals surface area contributed by atoms with E-state index in [1.807, 2.05) is 73.1 Å². The van der Waals surface area contributed by atoms with Crippen LogP contribution in [0.15, 0.2) is 60.4 Å². The lowest BCUT2D eigenvalue weighted by Crippen LogP contribution is -2.38. The van der Waals surface area contributed by atoms with E-state index in [1.165, 1.54) is 0 Å². The standard InChI is InChI=1S/C20H16ClN3O2/c1-12-11-20(22-16-10-14(21)8-9-17(16)26-20)18-13(2)23-24(19(18)25-12)15-6-4-3-5-7-15/h3-11,22H,1-2H3. The molecule has 0 radical (unpaired) electrons. The van der Waals surface area contributed by atoms with Gasteiger partial charge < -0.3 is 14.8 Å². The molecule has 1 unspecified atom stereocenters. The number of halogens is 1. The van der Waals surface area contributed by atoms with Crippen LogP contribution in [0.4, 0.5) is 5.69 Å². The van der Waals surface area contributed by atoms with Crippen molar-refractivity contribution in [3.8, 4) is 17.3 Å². The zero-order valence-electron chi connectivity index (χ0n) is 14.3. The molecule has 1 atom stereocenters. The van der Waals surface area contributed by atoms with Gasteiger partial charge in [-0.1, -0.05) is 29.8 Å². The van der Waals surface area contributed by atoms with Crippen molar-refractivity contribution in [2.75, 3.05) is 5.32 Å². The first-order valence-electron chi connectivity index (χ1n) is 8.35. The van der Waals surface area contributed by atoms with Crippen molar-refractivity contribution in [1.82, 2.24) is 9.78 Å². The average molecular weight is 366 g/mol. The summed E-state index contributed by atoms with van der Waals surface area (Å²) in [6, 6.07) is 15.5. The molecule has 0 amide bonds. The quantitative estimate of drug-likeness (QED) is 0.673. The molecule has 2 aliphatic heterocycles. The van der Waals surface area contributed by atoms with Crippen LogP contribution in [-0.4, -0.2) is 9.78 Å². The fourth-order valence-electron chi connectivity index (χ4n) is 3.58. The lowest BCUT2D eigenvalue weighted by molar-refractivity contribution is 0.153. The van der Waals surface area contributed by atoms with Crippen molar-refractivity contribution in [1.29, 1.82) is 0 Å². The summed E-state index contributed by atoms with van der Waals surface area (Å²) in [7, 11) is 0. The molecule has 6 heteroatoms. The number of aryl methyl sites for hydroxylation is 1. The minimum Gasteiger partial charge on any atom is -0.458 e. The molecule has 1 spiro atoms. The number of nitrogens with zero attached hydrogens (tertiary/aromatic N) is 2. The van der Waals surface area contributed by atoms with E-state index in [1.54, 1.807) is 0 Å². The summed E-state index contributed by atoms with van der Waals surface area (Å²) in [6.45, 7) is 3.86. The van der Waals surface area contributed by atoms with Crippen LogP contribution >= 0.6 is 11.6 Å². The molecule has 0 aliphatic carbocycles. The number of nitrogens with one attached hydrogen (secondary N) is 1. The second-order valence-electron chi connectivity index (χ2n) is 6.47. The molecule has 5 rings (SSSR count). The Labute approximate surface area is 155 Å². The van der Waals surface area contributed by atoms with Gasteiger partial charge in [-0.15, -0.1) is 0 Å². The third-order valence-corrected chi connectivity index (χ3v) is 4.82. The Hall–Kier alpha value is -2.92. The van der Waals surface area contributed by atoms with Gasteiger partial charge in [-0.2, -0.15) is 5.10 Å². The second-order valence-corrected chi connectivity index (χ2v) is 6.91. The van der Waals surface area contributed by atoms with Crippen molar-refractivity contribution < 1.29 is 9.47 Å². The number of benzene rings is 2. The highest BCUT2D eigenvalue weighted by Gasteiger charge is 2.47. The highest BCUT2D eigenvalue weighted by atomic mass is 35.5. The Morgan fingerprint density at radius 3 is 2.73 bits per heavy atom. The Balaban J connectivity index is 1.70. The van der Waals surface area contributed by atoms with Crippen LogP contribution in [0, 0.1) is 6.92 Å². The number of ether oxygens (including phenoxy) is 2. The van der Waals surface area contributed by atoms with Crippen LogP contribution < -0.4 is 14.8 Å². The van der Waals surface area contributed by atoms with Crippen molar-refractivity contribution in [3.63, 3.8) is 0 Å². The van der Waals surface area contributed by atoms with Gasteiger partial charge in [0.25, 0.3) is 0 Å². The van der Waals surface area contributed by atoms with Crippen molar-refractivity contribution in [3.05, 3.63) is 76.6 Å². The van der Waals surface area contributed by atoms with Crippen LogP contribution in [0.2, 0.25) is 5.02 Å². The Bertz CT molecular complexity index is 1060. The smallest absolute Gasteiger partial charge is 0.237 e. The predicted octanol–water partition coefficient (Wildman–Crippen LogP) is 4.79. The Kier molecular flexibility index (Phi) is 3.12. The largest absolute Gasteiger partial charge is 0.458 e. The number of hydrogen-bond acceptors (Lipinski definition) is 4. The molecule has 0 bridgehead atoms. The second kappa shape index (κ2) is 5.29. The fraction of sp³-hybridized carbons (Fsp3) is 0.150. The number of allylic oxidation sites excluding steroid dienone is 1. The number of hydrogen-bond donors (Lipinski definition) is 1. The van der Waals surface area contributed by atoms with Gasteiger partial charge in [-0.05, 0) is 44.2 Å². The van der Waals surface area contributed by atoms with Gasteiger partial charge in [0.15, 0.2) is 0 Å². The van der Waals surface area contributed by atoms with Gasteiger partial charge in [0.05, 0.1) is 17.1 Å². The van der Waals surface area contributed by atoms with Gasteiger partial charge in [-0.25, -0.2) is 4.68 Å². The molecule has 1 aromatic heterocycles. The molecule has 0 saturated heterocycles. The van der Waals surface area contributed by atoms with E-state index in [-0.39, 0.29) is 0 Å². The summed E-state index contributed by atoms with van der Waals surface area (Å²) in [4.78, 5) is 0. The van der Waals surface area contributed by atoms with E-state index in [4.69, 9.17) is 26.2 Å².